The molecular weight excluding hydrogens is 330 g/mol. The summed E-state index contributed by atoms with van der Waals surface area (Å²) in [5, 5.41) is 2.10. The van der Waals surface area contributed by atoms with Crippen LogP contribution in [-0.4, -0.2) is 39.6 Å². The lowest BCUT2D eigenvalue weighted by atomic mass is 9.98. The minimum atomic E-state index is 0.147. The Morgan fingerprint density at radius 2 is 1.96 bits per heavy atom. The van der Waals surface area contributed by atoms with Gasteiger partial charge in [0, 0.05) is 42.1 Å². The third-order valence-corrected chi connectivity index (χ3v) is 6.00. The Balaban J connectivity index is 1.34. The molecule has 4 nitrogen and oxygen atoms in total. The van der Waals surface area contributed by atoms with Crippen molar-refractivity contribution in [1.82, 2.24) is 14.9 Å². The van der Waals surface area contributed by atoms with Gasteiger partial charge in [0.1, 0.15) is 0 Å². The van der Waals surface area contributed by atoms with Crippen LogP contribution >= 0.6 is 11.8 Å². The first-order valence-corrected chi connectivity index (χ1v) is 9.69. The van der Waals surface area contributed by atoms with Gasteiger partial charge < -0.3 is 9.88 Å². The molecule has 0 radical (unpaired) electrons. The van der Waals surface area contributed by atoms with Crippen molar-refractivity contribution in [3.63, 3.8) is 0 Å². The lowest BCUT2D eigenvalue weighted by Gasteiger charge is -2.31. The highest BCUT2D eigenvalue weighted by Crippen LogP contribution is 2.27. The monoisotopic (exact) mass is 351 g/mol. The summed E-state index contributed by atoms with van der Waals surface area (Å²) in [4.78, 5) is 22.4. The first-order chi connectivity index (χ1) is 12.3. The van der Waals surface area contributed by atoms with Crippen LogP contribution in [0.3, 0.4) is 0 Å². The van der Waals surface area contributed by atoms with Crippen LogP contribution < -0.4 is 0 Å². The number of carbonyl (C=O) groups is 1. The lowest BCUT2D eigenvalue weighted by molar-refractivity contribution is 0.0700. The van der Waals surface area contributed by atoms with Gasteiger partial charge in [0.15, 0.2) is 0 Å². The largest absolute Gasteiger partial charge is 0.360 e. The number of pyridine rings is 1. The number of hydrogen-bond donors (Lipinski definition) is 1. The standard InChI is InChI=1S/C20H21N3OS/c24-20(17-13-22-18-6-2-1-5-16(17)18)23-11-8-15(9-12-23)14-25-19-7-3-4-10-21-19/h1-7,10,13,15,22H,8-9,11-12,14H2. The number of benzene rings is 1. The Kier molecular flexibility index (Phi) is 4.74. The van der Waals surface area contributed by atoms with E-state index in [2.05, 4.69) is 16.0 Å². The van der Waals surface area contributed by atoms with Crippen LogP contribution in [0.15, 0.2) is 59.9 Å². The fourth-order valence-corrected chi connectivity index (χ4v) is 4.41. The van der Waals surface area contributed by atoms with Gasteiger partial charge >= 0.3 is 0 Å². The van der Waals surface area contributed by atoms with Crippen molar-refractivity contribution in [1.29, 1.82) is 0 Å². The zero-order valence-electron chi connectivity index (χ0n) is 14.0. The smallest absolute Gasteiger partial charge is 0.256 e. The molecule has 1 N–H and O–H groups in total. The normalized spacial score (nSPS) is 15.6. The summed E-state index contributed by atoms with van der Waals surface area (Å²) in [5.41, 5.74) is 1.81. The van der Waals surface area contributed by atoms with E-state index in [4.69, 9.17) is 0 Å². The van der Waals surface area contributed by atoms with E-state index in [1.54, 1.807) is 0 Å². The Bertz CT molecular complexity index is 854. The topological polar surface area (TPSA) is 49.0 Å². The van der Waals surface area contributed by atoms with E-state index in [1.807, 2.05) is 65.5 Å². The summed E-state index contributed by atoms with van der Waals surface area (Å²) in [7, 11) is 0. The summed E-state index contributed by atoms with van der Waals surface area (Å²) in [5.74, 6) is 1.87. The average Bonchev–Trinajstić information content (AvgIpc) is 3.11. The van der Waals surface area contributed by atoms with E-state index in [9.17, 15) is 4.79 Å². The molecular formula is C20H21N3OS. The molecule has 1 fully saturated rings. The van der Waals surface area contributed by atoms with Gasteiger partial charge in [-0.05, 0) is 37.0 Å². The van der Waals surface area contributed by atoms with Crippen LogP contribution in [0.25, 0.3) is 10.9 Å². The molecule has 0 saturated carbocycles. The van der Waals surface area contributed by atoms with Crippen LogP contribution in [0.4, 0.5) is 0 Å². The third-order valence-electron chi connectivity index (χ3n) is 4.83. The summed E-state index contributed by atoms with van der Waals surface area (Å²) in [6.45, 7) is 1.68. The van der Waals surface area contributed by atoms with E-state index in [0.29, 0.717) is 5.92 Å². The molecule has 0 spiro atoms. The maximum atomic E-state index is 12.9. The molecule has 4 rings (SSSR count). The van der Waals surface area contributed by atoms with Crippen molar-refractivity contribution in [2.75, 3.05) is 18.8 Å². The number of aromatic nitrogens is 2. The average molecular weight is 351 g/mol. The van der Waals surface area contributed by atoms with Crippen molar-refractivity contribution in [2.24, 2.45) is 5.92 Å². The summed E-state index contributed by atoms with van der Waals surface area (Å²) < 4.78 is 0. The van der Waals surface area contributed by atoms with Crippen LogP contribution in [0, 0.1) is 5.92 Å². The van der Waals surface area contributed by atoms with Gasteiger partial charge in [-0.15, -0.1) is 11.8 Å². The van der Waals surface area contributed by atoms with Gasteiger partial charge in [0.25, 0.3) is 5.91 Å². The highest BCUT2D eigenvalue weighted by molar-refractivity contribution is 7.99. The molecule has 1 aliphatic rings. The number of likely N-dealkylation sites (tertiary alicyclic amines) is 1. The number of nitrogens with zero attached hydrogens (tertiary/aromatic N) is 2. The molecule has 0 unspecified atom stereocenters. The van der Waals surface area contributed by atoms with Gasteiger partial charge in [-0.25, -0.2) is 4.98 Å². The van der Waals surface area contributed by atoms with Gasteiger partial charge in [-0.1, -0.05) is 24.3 Å². The van der Waals surface area contributed by atoms with Crippen LogP contribution in [0.2, 0.25) is 0 Å². The van der Waals surface area contributed by atoms with Gasteiger partial charge in [0.05, 0.1) is 10.6 Å². The minimum Gasteiger partial charge on any atom is -0.360 e. The molecule has 0 atom stereocenters. The first-order valence-electron chi connectivity index (χ1n) is 8.70. The maximum absolute atomic E-state index is 12.9. The number of carbonyl (C=O) groups excluding carboxylic acids is 1. The number of thioether (sulfide) groups is 1. The highest BCUT2D eigenvalue weighted by atomic mass is 32.2. The SMILES string of the molecule is O=C(c1c[nH]c2ccccc12)N1CCC(CSc2ccccn2)CC1. The van der Waals surface area contributed by atoms with Crippen molar-refractivity contribution in [3.8, 4) is 0 Å². The van der Waals surface area contributed by atoms with Crippen molar-refractivity contribution < 1.29 is 4.79 Å². The number of aromatic amines is 1. The molecule has 3 aromatic rings. The summed E-state index contributed by atoms with van der Waals surface area (Å²) >= 11 is 1.82. The number of fused-ring (bicyclic) bond motifs is 1. The van der Waals surface area contributed by atoms with E-state index in [1.165, 1.54) is 0 Å². The Morgan fingerprint density at radius 3 is 2.76 bits per heavy atom. The predicted octanol–water partition coefficient (Wildman–Crippen LogP) is 4.21. The molecule has 128 valence electrons. The number of rotatable bonds is 4. The summed E-state index contributed by atoms with van der Waals surface area (Å²) in [6, 6.07) is 14.0. The Morgan fingerprint density at radius 1 is 1.16 bits per heavy atom. The molecule has 0 bridgehead atoms. The minimum absolute atomic E-state index is 0.147. The lowest BCUT2D eigenvalue weighted by Crippen LogP contribution is -2.38. The maximum Gasteiger partial charge on any atom is 0.256 e. The molecule has 5 heteroatoms. The molecule has 1 aliphatic heterocycles. The highest BCUT2D eigenvalue weighted by Gasteiger charge is 2.25. The van der Waals surface area contributed by atoms with E-state index >= 15 is 0 Å². The second-order valence-corrected chi connectivity index (χ2v) is 7.50. The zero-order chi connectivity index (χ0) is 17.1. The molecule has 1 saturated heterocycles. The fraction of sp³-hybridized carbons (Fsp3) is 0.300. The van der Waals surface area contributed by atoms with E-state index in [-0.39, 0.29) is 5.91 Å². The molecule has 0 aliphatic carbocycles. The van der Waals surface area contributed by atoms with Crippen molar-refractivity contribution in [2.45, 2.75) is 17.9 Å². The number of H-pyrrole nitrogens is 1. The first kappa shape index (κ1) is 16.2. The fourth-order valence-electron chi connectivity index (χ4n) is 3.36. The third kappa shape index (κ3) is 3.56. The molecule has 3 heterocycles. The quantitative estimate of drug-likeness (QED) is 0.717. The number of piperidine rings is 1. The van der Waals surface area contributed by atoms with E-state index < -0.39 is 0 Å². The molecule has 1 amide bonds. The number of amides is 1. The van der Waals surface area contributed by atoms with Crippen LogP contribution in [-0.2, 0) is 0 Å². The van der Waals surface area contributed by atoms with E-state index in [0.717, 1.165) is 53.2 Å². The predicted molar refractivity (Wildman–Crippen MR) is 102 cm³/mol. The Labute approximate surface area is 151 Å². The number of hydrogen-bond acceptors (Lipinski definition) is 3. The van der Waals surface area contributed by atoms with Crippen LogP contribution in [0.5, 0.6) is 0 Å². The van der Waals surface area contributed by atoms with Gasteiger partial charge in [0.2, 0.25) is 0 Å². The molecule has 1 aromatic carbocycles. The second kappa shape index (κ2) is 7.31. The van der Waals surface area contributed by atoms with Crippen LogP contribution in [0.1, 0.15) is 23.2 Å². The van der Waals surface area contributed by atoms with Crippen molar-refractivity contribution >= 4 is 28.6 Å². The van der Waals surface area contributed by atoms with Gasteiger partial charge in [-0.2, -0.15) is 0 Å². The second-order valence-electron chi connectivity index (χ2n) is 6.46. The Hall–Kier alpha value is -2.27. The zero-order valence-corrected chi connectivity index (χ0v) is 14.8. The summed E-state index contributed by atoms with van der Waals surface area (Å²) in [6.07, 6.45) is 5.81. The van der Waals surface area contributed by atoms with Gasteiger partial charge in [-0.3, -0.25) is 4.79 Å². The number of para-hydroxylation sites is 1. The number of nitrogens with one attached hydrogen (secondary N) is 1. The van der Waals surface area contributed by atoms with Crippen molar-refractivity contribution in [3.05, 3.63) is 60.4 Å². The molecule has 2 aromatic heterocycles. The molecule has 25 heavy (non-hydrogen) atoms.